The van der Waals surface area contributed by atoms with E-state index in [0.717, 1.165) is 41.2 Å². The number of benzene rings is 2. The summed E-state index contributed by atoms with van der Waals surface area (Å²) in [4.78, 5) is 12.0. The molecule has 2 N–H and O–H groups in total. The molecule has 0 spiro atoms. The third-order valence-corrected chi connectivity index (χ3v) is 5.78. The second-order valence-corrected chi connectivity index (χ2v) is 7.58. The van der Waals surface area contributed by atoms with E-state index < -0.39 is 5.97 Å². The van der Waals surface area contributed by atoms with Crippen molar-refractivity contribution < 1.29 is 14.6 Å². The average Bonchev–Trinajstić information content (AvgIpc) is 2.97. The van der Waals surface area contributed by atoms with Crippen molar-refractivity contribution >= 4 is 5.97 Å². The first-order valence-corrected chi connectivity index (χ1v) is 10.2. The molecule has 0 radical (unpaired) electrons. The van der Waals surface area contributed by atoms with Gasteiger partial charge in [-0.3, -0.25) is 0 Å². The molecule has 0 saturated carbocycles. The maximum absolute atomic E-state index is 12.0. The Balaban J connectivity index is 1.77. The topological polar surface area (TPSA) is 63.5 Å². The fourth-order valence-electron chi connectivity index (χ4n) is 3.99. The molecule has 158 valence electrons. The lowest BCUT2D eigenvalue weighted by Gasteiger charge is -2.12. The highest BCUT2D eigenvalue weighted by Crippen LogP contribution is 2.25. The van der Waals surface area contributed by atoms with Crippen molar-refractivity contribution in [3.8, 4) is 5.75 Å². The van der Waals surface area contributed by atoms with E-state index in [1.807, 2.05) is 44.2 Å². The molecule has 0 unspecified atom stereocenters. The number of carboxylic acid groups (broad SMARTS) is 1. The Kier molecular flexibility index (Phi) is 6.95. The van der Waals surface area contributed by atoms with Gasteiger partial charge >= 0.3 is 5.97 Å². The van der Waals surface area contributed by atoms with Crippen molar-refractivity contribution in [2.24, 2.45) is 0 Å². The van der Waals surface area contributed by atoms with Crippen LogP contribution in [-0.4, -0.2) is 29.3 Å². The lowest BCUT2D eigenvalue weighted by atomic mass is 10.1. The van der Waals surface area contributed by atoms with Gasteiger partial charge in [0.05, 0.1) is 12.7 Å². The van der Waals surface area contributed by atoms with Crippen LogP contribution in [0.1, 0.15) is 44.0 Å². The number of ether oxygens (including phenoxy) is 1. The van der Waals surface area contributed by atoms with Crippen molar-refractivity contribution in [3.63, 3.8) is 0 Å². The average molecular weight is 407 g/mol. The van der Waals surface area contributed by atoms with Crippen LogP contribution < -0.4 is 10.1 Å². The second-order valence-electron chi connectivity index (χ2n) is 7.58. The zero-order valence-corrected chi connectivity index (χ0v) is 18.2. The highest BCUT2D eigenvalue weighted by Gasteiger charge is 2.22. The van der Waals surface area contributed by atoms with Gasteiger partial charge in [0.15, 0.2) is 0 Å². The Morgan fingerprint density at radius 2 is 1.67 bits per heavy atom. The van der Waals surface area contributed by atoms with Crippen LogP contribution in [0.3, 0.4) is 0 Å². The van der Waals surface area contributed by atoms with E-state index in [1.165, 1.54) is 11.1 Å². The Morgan fingerprint density at radius 3 is 2.33 bits per heavy atom. The molecule has 0 saturated heterocycles. The van der Waals surface area contributed by atoms with Gasteiger partial charge in [0.25, 0.3) is 0 Å². The van der Waals surface area contributed by atoms with Gasteiger partial charge < -0.3 is 19.7 Å². The minimum Gasteiger partial charge on any atom is -0.496 e. The van der Waals surface area contributed by atoms with Crippen molar-refractivity contribution in [1.82, 2.24) is 9.88 Å². The fraction of sp³-hybridized carbons (Fsp3) is 0.320. The molecule has 3 aromatic rings. The van der Waals surface area contributed by atoms with Gasteiger partial charge in [0.2, 0.25) is 0 Å². The summed E-state index contributed by atoms with van der Waals surface area (Å²) in [6.07, 6.45) is 0.814. The molecule has 5 nitrogen and oxygen atoms in total. The summed E-state index contributed by atoms with van der Waals surface area (Å²) in [6, 6.07) is 16.2. The molecule has 1 aromatic heterocycles. The van der Waals surface area contributed by atoms with E-state index in [4.69, 9.17) is 4.74 Å². The number of hydrogen-bond acceptors (Lipinski definition) is 3. The quantitative estimate of drug-likeness (QED) is 0.514. The minimum absolute atomic E-state index is 0.408. The molecule has 0 aliphatic heterocycles. The molecule has 2 aromatic carbocycles. The lowest BCUT2D eigenvalue weighted by molar-refractivity contribution is 0.0694. The lowest BCUT2D eigenvalue weighted by Crippen LogP contribution is -2.19. The summed E-state index contributed by atoms with van der Waals surface area (Å²) < 4.78 is 7.52. The van der Waals surface area contributed by atoms with Crippen LogP contribution >= 0.6 is 0 Å². The standard InChI is InChI=1S/C25H30N2O3/c1-17-9-5-6-11-21(17)16-27-18(2)22(24(19(27)3)25(28)29)15-26-14-13-20-10-7-8-12-23(20)30-4/h5-12,26H,13-16H2,1-4H3,(H,28,29). The van der Waals surface area contributed by atoms with E-state index in [1.54, 1.807) is 7.11 Å². The van der Waals surface area contributed by atoms with Crippen LogP contribution in [0.4, 0.5) is 0 Å². The molecule has 1 heterocycles. The minimum atomic E-state index is -0.874. The van der Waals surface area contributed by atoms with Crippen molar-refractivity contribution in [1.29, 1.82) is 0 Å². The molecule has 30 heavy (non-hydrogen) atoms. The summed E-state index contributed by atoms with van der Waals surface area (Å²) in [5.74, 6) is 0.00240. The smallest absolute Gasteiger partial charge is 0.337 e. The van der Waals surface area contributed by atoms with Gasteiger partial charge in [-0.15, -0.1) is 0 Å². The Labute approximate surface area is 178 Å². The third kappa shape index (κ3) is 4.57. The van der Waals surface area contributed by atoms with Crippen molar-refractivity contribution in [2.75, 3.05) is 13.7 Å². The van der Waals surface area contributed by atoms with E-state index in [9.17, 15) is 9.90 Å². The number of aromatic nitrogens is 1. The van der Waals surface area contributed by atoms with E-state index >= 15 is 0 Å². The molecule has 5 heteroatoms. The van der Waals surface area contributed by atoms with Crippen LogP contribution in [-0.2, 0) is 19.5 Å². The number of nitrogens with zero attached hydrogens (tertiary/aromatic N) is 1. The zero-order valence-electron chi connectivity index (χ0n) is 18.2. The van der Waals surface area contributed by atoms with Crippen molar-refractivity contribution in [2.45, 2.75) is 40.3 Å². The predicted molar refractivity (Wildman–Crippen MR) is 120 cm³/mol. The number of hydrogen-bond donors (Lipinski definition) is 2. The Bertz CT molecular complexity index is 1040. The molecular weight excluding hydrogens is 376 g/mol. The summed E-state index contributed by atoms with van der Waals surface area (Å²) in [6.45, 7) is 7.92. The highest BCUT2D eigenvalue weighted by molar-refractivity contribution is 5.91. The number of carboxylic acids is 1. The number of nitrogens with one attached hydrogen (secondary N) is 1. The van der Waals surface area contributed by atoms with Gasteiger partial charge in [0.1, 0.15) is 5.75 Å². The fourth-order valence-corrected chi connectivity index (χ4v) is 3.99. The van der Waals surface area contributed by atoms with Gasteiger partial charge in [0, 0.05) is 30.0 Å². The number of carbonyl (C=O) groups is 1. The molecule has 0 amide bonds. The zero-order chi connectivity index (χ0) is 21.7. The predicted octanol–water partition coefficient (Wildman–Crippen LogP) is 4.50. The molecular formula is C25H30N2O3. The summed E-state index contributed by atoms with van der Waals surface area (Å²) >= 11 is 0. The largest absolute Gasteiger partial charge is 0.496 e. The second kappa shape index (κ2) is 9.63. The van der Waals surface area contributed by atoms with Crippen LogP contribution in [0, 0.1) is 20.8 Å². The van der Waals surface area contributed by atoms with Gasteiger partial charge in [-0.2, -0.15) is 0 Å². The molecule has 0 aliphatic rings. The number of aryl methyl sites for hydroxylation is 1. The molecule has 0 fully saturated rings. The summed E-state index contributed by atoms with van der Waals surface area (Å²) in [5.41, 5.74) is 6.60. The summed E-state index contributed by atoms with van der Waals surface area (Å²) in [5, 5.41) is 13.3. The maximum Gasteiger partial charge on any atom is 0.337 e. The number of para-hydroxylation sites is 1. The van der Waals surface area contributed by atoms with Crippen molar-refractivity contribution in [3.05, 3.63) is 87.7 Å². The monoisotopic (exact) mass is 406 g/mol. The molecule has 0 bridgehead atoms. The number of aromatic carboxylic acids is 1. The molecule has 3 rings (SSSR count). The summed E-state index contributed by atoms with van der Waals surface area (Å²) in [7, 11) is 1.68. The third-order valence-electron chi connectivity index (χ3n) is 5.78. The van der Waals surface area contributed by atoms with Crippen LogP contribution in [0.2, 0.25) is 0 Å². The van der Waals surface area contributed by atoms with Crippen LogP contribution in [0.5, 0.6) is 5.75 Å². The Morgan fingerprint density at radius 1 is 1.00 bits per heavy atom. The first kappa shape index (κ1) is 21.7. The maximum atomic E-state index is 12.0. The first-order valence-electron chi connectivity index (χ1n) is 10.2. The molecule has 0 aliphatic carbocycles. The SMILES string of the molecule is COc1ccccc1CCNCc1c(C(=O)O)c(C)n(Cc2ccccc2C)c1C. The van der Waals surface area contributed by atoms with Gasteiger partial charge in [-0.05, 0) is 56.5 Å². The highest BCUT2D eigenvalue weighted by atomic mass is 16.5. The van der Waals surface area contributed by atoms with Gasteiger partial charge in [-0.25, -0.2) is 4.79 Å². The van der Waals surface area contributed by atoms with Crippen LogP contribution in [0.25, 0.3) is 0 Å². The molecule has 0 atom stereocenters. The number of rotatable bonds is 9. The normalized spacial score (nSPS) is 10.9. The number of methoxy groups -OCH3 is 1. The van der Waals surface area contributed by atoms with Gasteiger partial charge in [-0.1, -0.05) is 42.5 Å². The van der Waals surface area contributed by atoms with Crippen LogP contribution in [0.15, 0.2) is 48.5 Å². The van der Waals surface area contributed by atoms with E-state index in [2.05, 4.69) is 35.0 Å². The van der Waals surface area contributed by atoms with E-state index in [0.29, 0.717) is 18.7 Å². The van der Waals surface area contributed by atoms with E-state index in [-0.39, 0.29) is 0 Å². The Hall–Kier alpha value is -3.05. The first-order chi connectivity index (χ1) is 14.4.